The van der Waals surface area contributed by atoms with Crippen molar-refractivity contribution in [2.75, 3.05) is 7.11 Å². The lowest BCUT2D eigenvalue weighted by Crippen LogP contribution is -2.10. The lowest BCUT2D eigenvalue weighted by atomic mass is 10.2. The molecular weight excluding hydrogens is 276 g/mol. The van der Waals surface area contributed by atoms with Crippen LogP contribution in [-0.2, 0) is 6.61 Å². The average molecular weight is 291 g/mol. The van der Waals surface area contributed by atoms with E-state index >= 15 is 0 Å². The molecule has 0 radical (unpaired) electrons. The zero-order valence-corrected chi connectivity index (χ0v) is 11.8. The van der Waals surface area contributed by atoms with Crippen LogP contribution in [0.3, 0.4) is 0 Å². The summed E-state index contributed by atoms with van der Waals surface area (Å²) in [6.45, 7) is 0.406. The summed E-state index contributed by atoms with van der Waals surface area (Å²) in [5, 5.41) is 7.78. The molecule has 0 saturated carbocycles. The quantitative estimate of drug-likeness (QED) is 0.656. The van der Waals surface area contributed by atoms with Crippen molar-refractivity contribution in [3.8, 4) is 11.5 Å². The van der Waals surface area contributed by atoms with E-state index in [0.29, 0.717) is 22.9 Å². The van der Waals surface area contributed by atoms with Gasteiger partial charge < -0.3 is 15.2 Å². The normalized spacial score (nSPS) is 10.1. The molecule has 0 aliphatic carbocycles. The van der Waals surface area contributed by atoms with Crippen molar-refractivity contribution in [3.63, 3.8) is 0 Å². The van der Waals surface area contributed by atoms with E-state index in [0.717, 1.165) is 11.3 Å². The predicted molar refractivity (Wildman–Crippen MR) is 79.8 cm³/mol. The van der Waals surface area contributed by atoms with Crippen LogP contribution in [0.5, 0.6) is 11.5 Å². The molecule has 3 N–H and O–H groups in total. The molecule has 20 heavy (non-hydrogen) atoms. The molecule has 5 heteroatoms. The van der Waals surface area contributed by atoms with Gasteiger partial charge in [0.15, 0.2) is 0 Å². The number of nitrogens with one attached hydrogen (secondary N) is 1. The third-order valence-corrected chi connectivity index (χ3v) is 3.09. The summed E-state index contributed by atoms with van der Waals surface area (Å²) in [7, 11) is 1.63. The van der Waals surface area contributed by atoms with Crippen molar-refractivity contribution in [2.45, 2.75) is 6.61 Å². The Morgan fingerprint density at radius 3 is 2.45 bits per heavy atom. The van der Waals surface area contributed by atoms with Gasteiger partial charge in [-0.25, -0.2) is 0 Å². The predicted octanol–water partition coefficient (Wildman–Crippen LogP) is 3.21. The molecule has 4 nitrogen and oxygen atoms in total. The van der Waals surface area contributed by atoms with Crippen molar-refractivity contribution in [2.24, 2.45) is 5.73 Å². The highest BCUT2D eigenvalue weighted by molar-refractivity contribution is 6.32. The van der Waals surface area contributed by atoms with Gasteiger partial charge >= 0.3 is 0 Å². The van der Waals surface area contributed by atoms with Crippen LogP contribution in [0.4, 0.5) is 0 Å². The fraction of sp³-hybridized carbons (Fsp3) is 0.133. The van der Waals surface area contributed by atoms with E-state index in [2.05, 4.69) is 0 Å². The zero-order valence-electron chi connectivity index (χ0n) is 11.0. The van der Waals surface area contributed by atoms with E-state index in [1.54, 1.807) is 25.3 Å². The topological polar surface area (TPSA) is 68.3 Å². The highest BCUT2D eigenvalue weighted by Crippen LogP contribution is 2.26. The Kier molecular flexibility index (Phi) is 4.48. The van der Waals surface area contributed by atoms with Crippen LogP contribution in [0.25, 0.3) is 0 Å². The Morgan fingerprint density at radius 1 is 1.20 bits per heavy atom. The van der Waals surface area contributed by atoms with Crippen LogP contribution in [0, 0.1) is 5.41 Å². The second kappa shape index (κ2) is 6.30. The van der Waals surface area contributed by atoms with Gasteiger partial charge in [-0.15, -0.1) is 0 Å². The lowest BCUT2D eigenvalue weighted by molar-refractivity contribution is 0.306. The number of methoxy groups -OCH3 is 1. The smallest absolute Gasteiger partial charge is 0.138 e. The van der Waals surface area contributed by atoms with E-state index in [-0.39, 0.29) is 5.84 Å². The molecule has 0 bridgehead atoms. The Labute approximate surface area is 122 Å². The molecule has 0 atom stereocenters. The van der Waals surface area contributed by atoms with Crippen LogP contribution in [0.2, 0.25) is 5.02 Å². The first-order chi connectivity index (χ1) is 9.60. The van der Waals surface area contributed by atoms with Crippen molar-refractivity contribution in [1.29, 1.82) is 5.41 Å². The van der Waals surface area contributed by atoms with Gasteiger partial charge in [0.05, 0.1) is 12.1 Å². The molecule has 2 rings (SSSR count). The Morgan fingerprint density at radius 2 is 1.90 bits per heavy atom. The second-order valence-electron chi connectivity index (χ2n) is 4.20. The van der Waals surface area contributed by atoms with Crippen LogP contribution in [-0.4, -0.2) is 12.9 Å². The molecule has 0 aliphatic rings. The Hall–Kier alpha value is -2.20. The summed E-state index contributed by atoms with van der Waals surface area (Å²) < 4.78 is 10.7. The van der Waals surface area contributed by atoms with Crippen molar-refractivity contribution >= 4 is 17.4 Å². The molecule has 0 spiro atoms. The number of halogens is 1. The van der Waals surface area contributed by atoms with E-state index in [1.807, 2.05) is 24.3 Å². The first-order valence-electron chi connectivity index (χ1n) is 6.00. The second-order valence-corrected chi connectivity index (χ2v) is 4.60. The summed E-state index contributed by atoms with van der Waals surface area (Å²) in [5.74, 6) is 1.35. The molecule has 0 aliphatic heterocycles. The van der Waals surface area contributed by atoms with Gasteiger partial charge in [-0.3, -0.25) is 5.41 Å². The van der Waals surface area contributed by atoms with Crippen molar-refractivity contribution in [1.82, 2.24) is 0 Å². The first-order valence-corrected chi connectivity index (χ1v) is 6.37. The number of nitrogens with two attached hydrogens (primary N) is 1. The zero-order chi connectivity index (χ0) is 14.5. The highest BCUT2D eigenvalue weighted by Gasteiger charge is 2.05. The number of ether oxygens (including phenoxy) is 2. The maximum atomic E-state index is 7.34. The van der Waals surface area contributed by atoms with Gasteiger partial charge in [0, 0.05) is 5.56 Å². The number of amidine groups is 1. The van der Waals surface area contributed by atoms with Gasteiger partial charge in [0.1, 0.15) is 23.9 Å². The third-order valence-electron chi connectivity index (χ3n) is 2.80. The molecular formula is C15H15ClN2O2. The van der Waals surface area contributed by atoms with Crippen molar-refractivity contribution < 1.29 is 9.47 Å². The molecule has 104 valence electrons. The number of hydrogen-bond donors (Lipinski definition) is 2. The summed E-state index contributed by atoms with van der Waals surface area (Å²) >= 11 is 6.09. The van der Waals surface area contributed by atoms with E-state index in [9.17, 15) is 0 Å². The Bertz CT molecular complexity index is 612. The van der Waals surface area contributed by atoms with Gasteiger partial charge in [0.2, 0.25) is 0 Å². The van der Waals surface area contributed by atoms with E-state index in [1.165, 1.54) is 0 Å². The molecule has 0 unspecified atom stereocenters. The Balaban J connectivity index is 2.04. The lowest BCUT2D eigenvalue weighted by Gasteiger charge is -2.09. The largest absolute Gasteiger partial charge is 0.497 e. The maximum Gasteiger partial charge on any atom is 0.138 e. The fourth-order valence-corrected chi connectivity index (χ4v) is 1.90. The molecule has 0 heterocycles. The van der Waals surface area contributed by atoms with Crippen molar-refractivity contribution in [3.05, 3.63) is 58.6 Å². The average Bonchev–Trinajstić information content (AvgIpc) is 2.46. The van der Waals surface area contributed by atoms with Crippen LogP contribution in [0.15, 0.2) is 42.5 Å². The molecule has 0 amide bonds. The number of nitrogen functional groups attached to an aromatic ring is 1. The highest BCUT2D eigenvalue weighted by atomic mass is 35.5. The van der Waals surface area contributed by atoms with E-state index in [4.69, 9.17) is 32.2 Å². The standard InChI is InChI=1S/C15H15ClN2O2/c1-19-12-5-2-10(3-6-12)9-20-14-7-4-11(15(17)18)8-13(14)16/h2-8H,9H2,1H3,(H3,17,18). The number of benzene rings is 2. The van der Waals surface area contributed by atoms with Gasteiger partial charge in [-0.05, 0) is 35.9 Å². The first kappa shape index (κ1) is 14.2. The summed E-state index contributed by atoms with van der Waals surface area (Å²) in [6.07, 6.45) is 0. The van der Waals surface area contributed by atoms with E-state index < -0.39 is 0 Å². The molecule has 0 fully saturated rings. The molecule has 2 aromatic rings. The SMILES string of the molecule is COc1ccc(COc2ccc(C(=N)N)cc2Cl)cc1. The van der Waals surface area contributed by atoms with Crippen LogP contribution < -0.4 is 15.2 Å². The minimum Gasteiger partial charge on any atom is -0.497 e. The number of rotatable bonds is 5. The van der Waals surface area contributed by atoms with Gasteiger partial charge in [0.25, 0.3) is 0 Å². The summed E-state index contributed by atoms with van der Waals surface area (Å²) in [5.41, 5.74) is 6.98. The van der Waals surface area contributed by atoms with Crippen LogP contribution >= 0.6 is 11.6 Å². The number of hydrogen-bond acceptors (Lipinski definition) is 3. The van der Waals surface area contributed by atoms with Crippen LogP contribution in [0.1, 0.15) is 11.1 Å². The minimum absolute atomic E-state index is 0.0198. The maximum absolute atomic E-state index is 7.34. The summed E-state index contributed by atoms with van der Waals surface area (Å²) in [6, 6.07) is 12.6. The summed E-state index contributed by atoms with van der Waals surface area (Å²) in [4.78, 5) is 0. The van der Waals surface area contributed by atoms with Gasteiger partial charge in [-0.1, -0.05) is 23.7 Å². The van der Waals surface area contributed by atoms with Gasteiger partial charge in [-0.2, -0.15) is 0 Å². The molecule has 0 saturated heterocycles. The fourth-order valence-electron chi connectivity index (χ4n) is 1.67. The molecule has 0 aromatic heterocycles. The minimum atomic E-state index is -0.0198. The monoisotopic (exact) mass is 290 g/mol. The molecule has 2 aromatic carbocycles. The third kappa shape index (κ3) is 3.42.